The van der Waals surface area contributed by atoms with Crippen molar-refractivity contribution in [3.05, 3.63) is 53.1 Å². The standard InChI is InChI=1S/C20H18ClN5O3/c1-11-3-8-16(29-2)14(9-11)22-17(27)10-15-19(28)24-20-23-18(25-26(15)20)12-4-6-13(21)7-5-12/h3-9,15H,10H2,1-2H3,(H,22,27)(H,23,24,25,28). The number of hydrogen-bond donors (Lipinski definition) is 2. The number of carbonyl (C=O) groups excluding carboxylic acids is 2. The maximum absolute atomic E-state index is 12.6. The molecule has 1 atom stereocenters. The molecule has 2 heterocycles. The van der Waals surface area contributed by atoms with Crippen molar-refractivity contribution in [1.82, 2.24) is 14.8 Å². The van der Waals surface area contributed by atoms with E-state index < -0.39 is 6.04 Å². The highest BCUT2D eigenvalue weighted by atomic mass is 35.5. The van der Waals surface area contributed by atoms with Crippen LogP contribution in [0.15, 0.2) is 42.5 Å². The minimum Gasteiger partial charge on any atom is -0.495 e. The van der Waals surface area contributed by atoms with Gasteiger partial charge in [-0.2, -0.15) is 4.98 Å². The van der Waals surface area contributed by atoms with Crippen LogP contribution >= 0.6 is 11.6 Å². The third-order valence-electron chi connectivity index (χ3n) is 4.57. The molecule has 0 saturated carbocycles. The van der Waals surface area contributed by atoms with Gasteiger partial charge in [-0.05, 0) is 48.9 Å². The van der Waals surface area contributed by atoms with Crippen LogP contribution in [0.2, 0.25) is 5.02 Å². The number of aromatic nitrogens is 3. The molecular weight excluding hydrogens is 394 g/mol. The second-order valence-corrected chi connectivity index (χ2v) is 7.11. The third-order valence-corrected chi connectivity index (χ3v) is 4.83. The minimum absolute atomic E-state index is 0.0840. The van der Waals surface area contributed by atoms with Crippen LogP contribution in [0.5, 0.6) is 5.75 Å². The summed E-state index contributed by atoms with van der Waals surface area (Å²) in [5, 5.41) is 10.5. The summed E-state index contributed by atoms with van der Waals surface area (Å²) in [6.07, 6.45) is -0.0840. The Balaban J connectivity index is 1.53. The molecule has 1 unspecified atom stereocenters. The van der Waals surface area contributed by atoms with E-state index in [1.54, 1.807) is 30.3 Å². The van der Waals surface area contributed by atoms with Crippen LogP contribution in [0.4, 0.5) is 11.6 Å². The normalized spacial score (nSPS) is 15.0. The second kappa shape index (κ2) is 7.56. The summed E-state index contributed by atoms with van der Waals surface area (Å²) in [5.41, 5.74) is 2.29. The monoisotopic (exact) mass is 411 g/mol. The van der Waals surface area contributed by atoms with Crippen LogP contribution in [-0.4, -0.2) is 33.7 Å². The zero-order chi connectivity index (χ0) is 20.5. The number of hydrogen-bond acceptors (Lipinski definition) is 5. The highest BCUT2D eigenvalue weighted by molar-refractivity contribution is 6.30. The largest absolute Gasteiger partial charge is 0.495 e. The van der Waals surface area contributed by atoms with Gasteiger partial charge < -0.3 is 10.1 Å². The van der Waals surface area contributed by atoms with Crippen molar-refractivity contribution in [2.24, 2.45) is 0 Å². The average Bonchev–Trinajstić information content (AvgIpc) is 3.21. The number of anilines is 2. The molecule has 0 aliphatic carbocycles. The predicted octanol–water partition coefficient (Wildman–Crippen LogP) is 3.44. The van der Waals surface area contributed by atoms with Crippen LogP contribution < -0.4 is 15.4 Å². The molecule has 9 heteroatoms. The van der Waals surface area contributed by atoms with Gasteiger partial charge in [0.2, 0.25) is 11.9 Å². The van der Waals surface area contributed by atoms with Crippen LogP contribution in [-0.2, 0) is 9.59 Å². The van der Waals surface area contributed by atoms with Crippen LogP contribution in [0.3, 0.4) is 0 Å². The average molecular weight is 412 g/mol. The second-order valence-electron chi connectivity index (χ2n) is 6.67. The predicted molar refractivity (Wildman–Crippen MR) is 109 cm³/mol. The molecule has 1 aliphatic heterocycles. The molecule has 2 aromatic carbocycles. The van der Waals surface area contributed by atoms with E-state index in [0.29, 0.717) is 28.2 Å². The van der Waals surface area contributed by atoms with E-state index in [1.807, 2.05) is 19.1 Å². The molecule has 4 rings (SSSR count). The lowest BCUT2D eigenvalue weighted by Crippen LogP contribution is -2.24. The maximum atomic E-state index is 12.6. The Morgan fingerprint density at radius 1 is 1.28 bits per heavy atom. The lowest BCUT2D eigenvalue weighted by Gasteiger charge is -2.13. The number of fused-ring (bicyclic) bond motifs is 1. The van der Waals surface area contributed by atoms with Gasteiger partial charge in [0.1, 0.15) is 11.8 Å². The molecule has 148 valence electrons. The number of amides is 2. The molecule has 2 amide bonds. The number of ether oxygens (including phenoxy) is 1. The maximum Gasteiger partial charge on any atom is 0.252 e. The number of halogens is 1. The zero-order valence-electron chi connectivity index (χ0n) is 15.8. The summed E-state index contributed by atoms with van der Waals surface area (Å²) < 4.78 is 6.72. The van der Waals surface area contributed by atoms with E-state index in [4.69, 9.17) is 16.3 Å². The number of rotatable bonds is 5. The summed E-state index contributed by atoms with van der Waals surface area (Å²) >= 11 is 5.92. The molecule has 2 N–H and O–H groups in total. The number of carbonyl (C=O) groups is 2. The van der Waals surface area contributed by atoms with Gasteiger partial charge >= 0.3 is 0 Å². The number of aryl methyl sites for hydroxylation is 1. The molecule has 29 heavy (non-hydrogen) atoms. The molecule has 0 spiro atoms. The zero-order valence-corrected chi connectivity index (χ0v) is 16.5. The lowest BCUT2D eigenvalue weighted by molar-refractivity contribution is -0.123. The summed E-state index contributed by atoms with van der Waals surface area (Å²) in [7, 11) is 1.53. The molecule has 0 radical (unpaired) electrons. The van der Waals surface area contributed by atoms with Crippen LogP contribution in [0, 0.1) is 6.92 Å². The van der Waals surface area contributed by atoms with Gasteiger partial charge in [0.05, 0.1) is 19.2 Å². The van der Waals surface area contributed by atoms with Gasteiger partial charge in [0.15, 0.2) is 5.82 Å². The van der Waals surface area contributed by atoms with Crippen molar-refractivity contribution in [3.63, 3.8) is 0 Å². The Bertz CT molecular complexity index is 1090. The van der Waals surface area contributed by atoms with E-state index in [9.17, 15) is 9.59 Å². The molecule has 0 bridgehead atoms. The van der Waals surface area contributed by atoms with Gasteiger partial charge in [-0.1, -0.05) is 17.7 Å². The van der Waals surface area contributed by atoms with E-state index in [0.717, 1.165) is 11.1 Å². The van der Waals surface area contributed by atoms with Crippen molar-refractivity contribution in [3.8, 4) is 17.1 Å². The number of nitrogens with one attached hydrogen (secondary N) is 2. The van der Waals surface area contributed by atoms with Crippen molar-refractivity contribution in [1.29, 1.82) is 0 Å². The minimum atomic E-state index is -0.783. The van der Waals surface area contributed by atoms with Crippen molar-refractivity contribution in [2.45, 2.75) is 19.4 Å². The highest BCUT2D eigenvalue weighted by Crippen LogP contribution is 2.30. The number of methoxy groups -OCH3 is 1. The molecule has 0 fully saturated rings. The molecular formula is C20H18ClN5O3. The van der Waals surface area contributed by atoms with Gasteiger partial charge in [-0.25, -0.2) is 4.68 Å². The number of benzene rings is 2. The topological polar surface area (TPSA) is 98.1 Å². The Kier molecular flexibility index (Phi) is 4.94. The molecule has 0 saturated heterocycles. The fraction of sp³-hybridized carbons (Fsp3) is 0.200. The smallest absolute Gasteiger partial charge is 0.252 e. The van der Waals surface area contributed by atoms with E-state index in [1.165, 1.54) is 11.8 Å². The van der Waals surface area contributed by atoms with Gasteiger partial charge in [0.25, 0.3) is 5.91 Å². The lowest BCUT2D eigenvalue weighted by atomic mass is 10.1. The first-order valence-corrected chi connectivity index (χ1v) is 9.30. The summed E-state index contributed by atoms with van der Waals surface area (Å²) in [6, 6.07) is 11.8. The van der Waals surface area contributed by atoms with Crippen molar-refractivity contribution < 1.29 is 14.3 Å². The Labute approximate surface area is 171 Å². The third kappa shape index (κ3) is 3.79. The first kappa shape index (κ1) is 18.9. The van der Waals surface area contributed by atoms with Gasteiger partial charge in [-0.3, -0.25) is 14.9 Å². The SMILES string of the molecule is COc1ccc(C)cc1NC(=O)CC1C(=O)Nc2nc(-c3ccc(Cl)cc3)nn21. The van der Waals surface area contributed by atoms with Gasteiger partial charge in [-0.15, -0.1) is 5.10 Å². The fourth-order valence-electron chi connectivity index (χ4n) is 3.13. The summed E-state index contributed by atoms with van der Waals surface area (Å²) in [5.74, 6) is 0.652. The summed E-state index contributed by atoms with van der Waals surface area (Å²) in [4.78, 5) is 29.3. The van der Waals surface area contributed by atoms with E-state index in [-0.39, 0.29) is 18.2 Å². The first-order chi connectivity index (χ1) is 13.9. The fourth-order valence-corrected chi connectivity index (χ4v) is 3.25. The molecule has 3 aromatic rings. The van der Waals surface area contributed by atoms with E-state index in [2.05, 4.69) is 20.7 Å². The van der Waals surface area contributed by atoms with Gasteiger partial charge in [0, 0.05) is 10.6 Å². The first-order valence-electron chi connectivity index (χ1n) is 8.92. The molecule has 1 aromatic heterocycles. The van der Waals surface area contributed by atoms with Crippen molar-refractivity contribution in [2.75, 3.05) is 17.7 Å². The number of nitrogens with zero attached hydrogens (tertiary/aromatic N) is 3. The quantitative estimate of drug-likeness (QED) is 0.670. The Morgan fingerprint density at radius 3 is 2.76 bits per heavy atom. The van der Waals surface area contributed by atoms with Crippen LogP contribution in [0.1, 0.15) is 18.0 Å². The summed E-state index contributed by atoms with van der Waals surface area (Å²) in [6.45, 7) is 1.92. The Hall–Kier alpha value is -3.39. The Morgan fingerprint density at radius 2 is 2.03 bits per heavy atom. The highest BCUT2D eigenvalue weighted by Gasteiger charge is 2.35. The van der Waals surface area contributed by atoms with Crippen LogP contribution in [0.25, 0.3) is 11.4 Å². The molecule has 8 nitrogen and oxygen atoms in total. The van der Waals surface area contributed by atoms with Crippen molar-refractivity contribution >= 4 is 35.1 Å². The molecule has 1 aliphatic rings. The van der Waals surface area contributed by atoms with E-state index >= 15 is 0 Å².